The maximum atomic E-state index is 13.8. The number of halogens is 1. The van der Waals surface area contributed by atoms with Gasteiger partial charge in [0.25, 0.3) is 0 Å². The van der Waals surface area contributed by atoms with E-state index in [9.17, 15) is 4.39 Å². The van der Waals surface area contributed by atoms with Crippen LogP contribution in [0.4, 0.5) is 10.3 Å². The molecular weight excluding hydrogens is 243 g/mol. The van der Waals surface area contributed by atoms with Gasteiger partial charge in [0.1, 0.15) is 5.82 Å². The predicted molar refractivity (Wildman–Crippen MR) is 72.4 cm³/mol. The molecule has 0 fully saturated rings. The normalized spacial score (nSPS) is 21.8. The zero-order chi connectivity index (χ0) is 13.4. The number of hydrogen-bond acceptors (Lipinski definition) is 3. The molecule has 0 saturated carbocycles. The molecule has 1 N–H and O–H groups in total. The first-order valence-corrected chi connectivity index (χ1v) is 6.66. The molecule has 19 heavy (non-hydrogen) atoms. The number of anilines is 1. The third kappa shape index (κ3) is 1.99. The van der Waals surface area contributed by atoms with Crippen molar-refractivity contribution in [3.8, 4) is 11.4 Å². The smallest absolute Gasteiger partial charge is 0.221 e. The molecule has 3 rings (SSSR count). The molecule has 0 saturated heterocycles. The molecule has 100 valence electrons. The molecule has 1 aromatic heterocycles. The second-order valence-electron chi connectivity index (χ2n) is 5.02. The van der Waals surface area contributed by atoms with Gasteiger partial charge >= 0.3 is 0 Å². The van der Waals surface area contributed by atoms with Gasteiger partial charge in [0.15, 0.2) is 5.82 Å². The number of aromatic nitrogens is 3. The predicted octanol–water partition coefficient (Wildman–Crippen LogP) is 3.10. The van der Waals surface area contributed by atoms with Crippen molar-refractivity contribution in [2.24, 2.45) is 5.92 Å². The van der Waals surface area contributed by atoms with Crippen LogP contribution in [-0.4, -0.2) is 21.3 Å². The summed E-state index contributed by atoms with van der Waals surface area (Å²) in [4.78, 5) is 4.42. The zero-order valence-electron chi connectivity index (χ0n) is 11.1. The third-order valence-corrected chi connectivity index (χ3v) is 3.72. The molecule has 0 amide bonds. The van der Waals surface area contributed by atoms with Crippen LogP contribution >= 0.6 is 0 Å². The van der Waals surface area contributed by atoms with E-state index in [0.717, 1.165) is 18.9 Å². The topological polar surface area (TPSA) is 42.7 Å². The maximum Gasteiger partial charge on any atom is 0.221 e. The third-order valence-electron chi connectivity index (χ3n) is 3.72. The second-order valence-corrected chi connectivity index (χ2v) is 5.02. The molecule has 2 unspecified atom stereocenters. The lowest BCUT2D eigenvalue weighted by Crippen LogP contribution is -2.31. The van der Waals surface area contributed by atoms with Crippen LogP contribution in [0.3, 0.4) is 0 Å². The van der Waals surface area contributed by atoms with Gasteiger partial charge in [-0.25, -0.2) is 9.07 Å². The summed E-state index contributed by atoms with van der Waals surface area (Å²) in [6, 6.07) is 6.93. The summed E-state index contributed by atoms with van der Waals surface area (Å²) >= 11 is 0. The van der Waals surface area contributed by atoms with Crippen LogP contribution in [-0.2, 0) is 0 Å². The number of benzene rings is 1. The molecule has 5 heteroatoms. The van der Waals surface area contributed by atoms with Gasteiger partial charge in [-0.3, -0.25) is 0 Å². The molecule has 1 aromatic carbocycles. The Morgan fingerprint density at radius 1 is 1.42 bits per heavy atom. The molecule has 0 aliphatic carbocycles. The fourth-order valence-corrected chi connectivity index (χ4v) is 2.64. The van der Waals surface area contributed by atoms with Crippen LogP contribution in [0.2, 0.25) is 0 Å². The average molecular weight is 260 g/mol. The van der Waals surface area contributed by atoms with Crippen LogP contribution < -0.4 is 5.32 Å². The Bertz CT molecular complexity index is 593. The Balaban J connectivity index is 2.06. The minimum absolute atomic E-state index is 0.286. The van der Waals surface area contributed by atoms with E-state index in [-0.39, 0.29) is 5.82 Å². The molecule has 1 aliphatic rings. The summed E-state index contributed by atoms with van der Waals surface area (Å²) in [5.41, 5.74) is 0.453. The van der Waals surface area contributed by atoms with Gasteiger partial charge in [0.05, 0.1) is 11.6 Å². The lowest BCUT2D eigenvalue weighted by Gasteiger charge is -2.29. The highest BCUT2D eigenvalue weighted by atomic mass is 19.1. The average Bonchev–Trinajstić information content (AvgIpc) is 2.83. The highest BCUT2D eigenvalue weighted by Crippen LogP contribution is 2.31. The van der Waals surface area contributed by atoms with Crippen molar-refractivity contribution in [2.75, 3.05) is 11.9 Å². The summed E-state index contributed by atoms with van der Waals surface area (Å²) in [6.07, 6.45) is 0.996. The number of hydrogen-bond donors (Lipinski definition) is 1. The Morgan fingerprint density at radius 2 is 2.21 bits per heavy atom. The number of nitrogens with one attached hydrogen (secondary N) is 1. The molecule has 2 aromatic rings. The van der Waals surface area contributed by atoms with E-state index in [2.05, 4.69) is 29.2 Å². The van der Waals surface area contributed by atoms with Crippen molar-refractivity contribution in [1.29, 1.82) is 0 Å². The summed E-state index contributed by atoms with van der Waals surface area (Å²) in [7, 11) is 0. The van der Waals surface area contributed by atoms with E-state index < -0.39 is 0 Å². The Kier molecular flexibility index (Phi) is 2.97. The maximum absolute atomic E-state index is 13.8. The molecule has 0 radical (unpaired) electrons. The van der Waals surface area contributed by atoms with Crippen molar-refractivity contribution in [3.05, 3.63) is 30.1 Å². The van der Waals surface area contributed by atoms with Crippen LogP contribution in [0.1, 0.15) is 26.3 Å². The standard InChI is InChI=1S/C14H17FN4/c1-3-12-9(2)8-16-14-17-13(18-19(12)14)10-6-4-5-7-11(10)15/h4-7,9,12H,3,8H2,1-2H3,(H,16,17,18). The van der Waals surface area contributed by atoms with Crippen molar-refractivity contribution < 1.29 is 4.39 Å². The van der Waals surface area contributed by atoms with Crippen LogP contribution in [0.25, 0.3) is 11.4 Å². The Hall–Kier alpha value is -1.91. The molecule has 2 atom stereocenters. The van der Waals surface area contributed by atoms with Crippen LogP contribution in [0.15, 0.2) is 24.3 Å². The van der Waals surface area contributed by atoms with Gasteiger partial charge in [-0.05, 0) is 24.5 Å². The van der Waals surface area contributed by atoms with Crippen molar-refractivity contribution >= 4 is 5.95 Å². The van der Waals surface area contributed by atoms with Crippen LogP contribution in [0, 0.1) is 11.7 Å². The minimum atomic E-state index is -0.286. The van der Waals surface area contributed by atoms with Crippen molar-refractivity contribution in [3.63, 3.8) is 0 Å². The molecule has 1 aliphatic heterocycles. The highest BCUT2D eigenvalue weighted by Gasteiger charge is 2.28. The van der Waals surface area contributed by atoms with Gasteiger partial charge in [0, 0.05) is 6.54 Å². The lowest BCUT2D eigenvalue weighted by molar-refractivity contribution is 0.312. The first-order chi connectivity index (χ1) is 9.20. The summed E-state index contributed by atoms with van der Waals surface area (Å²) in [6.45, 7) is 5.21. The summed E-state index contributed by atoms with van der Waals surface area (Å²) in [5, 5.41) is 7.74. The van der Waals surface area contributed by atoms with Crippen LogP contribution in [0.5, 0.6) is 0 Å². The van der Waals surface area contributed by atoms with E-state index in [0.29, 0.717) is 23.3 Å². The fourth-order valence-electron chi connectivity index (χ4n) is 2.64. The molecule has 0 spiro atoms. The second kappa shape index (κ2) is 4.64. The van der Waals surface area contributed by atoms with E-state index in [1.807, 2.05) is 4.68 Å². The van der Waals surface area contributed by atoms with E-state index in [1.165, 1.54) is 6.07 Å². The first-order valence-electron chi connectivity index (χ1n) is 6.66. The van der Waals surface area contributed by atoms with Gasteiger partial charge in [-0.15, -0.1) is 5.10 Å². The minimum Gasteiger partial charge on any atom is -0.354 e. The first kappa shape index (κ1) is 12.1. The van der Waals surface area contributed by atoms with E-state index in [1.54, 1.807) is 18.2 Å². The SMILES string of the molecule is CCC1C(C)CNc2nc(-c3ccccc3F)nn21. The quantitative estimate of drug-likeness (QED) is 0.902. The van der Waals surface area contributed by atoms with E-state index >= 15 is 0 Å². The Morgan fingerprint density at radius 3 is 2.95 bits per heavy atom. The zero-order valence-corrected chi connectivity index (χ0v) is 11.1. The lowest BCUT2D eigenvalue weighted by atomic mass is 9.98. The highest BCUT2D eigenvalue weighted by molar-refractivity contribution is 5.57. The van der Waals surface area contributed by atoms with Gasteiger partial charge < -0.3 is 5.32 Å². The number of fused-ring (bicyclic) bond motifs is 1. The molecule has 2 heterocycles. The molecule has 0 bridgehead atoms. The van der Waals surface area contributed by atoms with E-state index in [4.69, 9.17) is 0 Å². The van der Waals surface area contributed by atoms with Gasteiger partial charge in [0.2, 0.25) is 5.95 Å². The number of nitrogens with zero attached hydrogens (tertiary/aromatic N) is 3. The molecular formula is C14H17FN4. The Labute approximate surface area is 111 Å². The van der Waals surface area contributed by atoms with Gasteiger partial charge in [-0.2, -0.15) is 4.98 Å². The summed E-state index contributed by atoms with van der Waals surface area (Å²) in [5.74, 6) is 1.40. The number of rotatable bonds is 2. The van der Waals surface area contributed by atoms with Crippen molar-refractivity contribution in [1.82, 2.24) is 14.8 Å². The summed E-state index contributed by atoms with van der Waals surface area (Å²) < 4.78 is 15.7. The van der Waals surface area contributed by atoms with Gasteiger partial charge in [-0.1, -0.05) is 26.0 Å². The largest absolute Gasteiger partial charge is 0.354 e. The van der Waals surface area contributed by atoms with Crippen molar-refractivity contribution in [2.45, 2.75) is 26.3 Å². The monoisotopic (exact) mass is 260 g/mol. The molecule has 4 nitrogen and oxygen atoms in total. The fraction of sp³-hybridized carbons (Fsp3) is 0.429.